The average molecular weight is 373 g/mol. The summed E-state index contributed by atoms with van der Waals surface area (Å²) in [5.74, 6) is 1.29. The Labute approximate surface area is 156 Å². The quantitative estimate of drug-likeness (QED) is 0.730. The van der Waals surface area contributed by atoms with Crippen molar-refractivity contribution in [3.05, 3.63) is 24.3 Å². The summed E-state index contributed by atoms with van der Waals surface area (Å²) in [6, 6.07) is 7.20. The molecule has 25 heavy (non-hydrogen) atoms. The van der Waals surface area contributed by atoms with Crippen LogP contribution in [-0.2, 0) is 9.53 Å². The largest absolute Gasteiger partial charge is 0.497 e. The second kappa shape index (κ2) is 10.5. The first-order chi connectivity index (χ1) is 11.6. The van der Waals surface area contributed by atoms with Gasteiger partial charge in [-0.2, -0.15) is 0 Å². The first-order valence-corrected chi connectivity index (χ1v) is 8.37. The van der Waals surface area contributed by atoms with Gasteiger partial charge in [0.1, 0.15) is 11.5 Å². The lowest BCUT2D eigenvalue weighted by molar-refractivity contribution is -0.128. The van der Waals surface area contributed by atoms with Crippen LogP contribution in [0, 0.1) is 5.41 Å². The predicted molar refractivity (Wildman–Crippen MR) is 99.8 cm³/mol. The van der Waals surface area contributed by atoms with Crippen molar-refractivity contribution < 1.29 is 19.0 Å². The zero-order chi connectivity index (χ0) is 17.4. The maximum atomic E-state index is 12.3. The van der Waals surface area contributed by atoms with Gasteiger partial charge in [-0.15, -0.1) is 12.4 Å². The number of nitrogens with one attached hydrogen (secondary N) is 2. The summed E-state index contributed by atoms with van der Waals surface area (Å²) in [4.78, 5) is 12.3. The van der Waals surface area contributed by atoms with E-state index in [-0.39, 0.29) is 23.7 Å². The molecule has 7 heteroatoms. The molecule has 0 bridgehead atoms. The Kier molecular flexibility index (Phi) is 9.03. The predicted octanol–water partition coefficient (Wildman–Crippen LogP) is 2.02. The van der Waals surface area contributed by atoms with Crippen LogP contribution >= 0.6 is 12.4 Å². The zero-order valence-electron chi connectivity index (χ0n) is 15.2. The molecule has 1 aromatic rings. The lowest BCUT2D eigenvalue weighted by Crippen LogP contribution is -2.49. The molecule has 6 nitrogen and oxygen atoms in total. The van der Waals surface area contributed by atoms with E-state index < -0.39 is 6.10 Å². The van der Waals surface area contributed by atoms with Crippen molar-refractivity contribution in [3.63, 3.8) is 0 Å². The van der Waals surface area contributed by atoms with E-state index in [4.69, 9.17) is 14.2 Å². The number of benzene rings is 1. The minimum atomic E-state index is -0.556. The molecule has 1 unspecified atom stereocenters. The molecule has 0 aromatic heterocycles. The third kappa shape index (κ3) is 6.38. The van der Waals surface area contributed by atoms with Crippen molar-refractivity contribution >= 4 is 18.3 Å². The number of rotatable bonds is 8. The molecule has 1 aliphatic heterocycles. The fourth-order valence-corrected chi connectivity index (χ4v) is 2.97. The van der Waals surface area contributed by atoms with Gasteiger partial charge < -0.3 is 24.8 Å². The van der Waals surface area contributed by atoms with E-state index in [9.17, 15) is 4.79 Å². The van der Waals surface area contributed by atoms with E-state index in [1.54, 1.807) is 33.3 Å². The van der Waals surface area contributed by atoms with E-state index in [0.717, 1.165) is 31.7 Å². The second-order valence-corrected chi connectivity index (χ2v) is 6.34. The van der Waals surface area contributed by atoms with Gasteiger partial charge in [0.15, 0.2) is 6.10 Å². The van der Waals surface area contributed by atoms with E-state index in [1.807, 2.05) is 12.1 Å². The summed E-state index contributed by atoms with van der Waals surface area (Å²) in [7, 11) is 3.32. The molecule has 1 aromatic carbocycles. The Morgan fingerprint density at radius 1 is 1.20 bits per heavy atom. The second-order valence-electron chi connectivity index (χ2n) is 6.34. The van der Waals surface area contributed by atoms with Crippen molar-refractivity contribution in [2.45, 2.75) is 25.9 Å². The molecule has 2 N–H and O–H groups in total. The van der Waals surface area contributed by atoms with Crippen LogP contribution in [0.5, 0.6) is 11.5 Å². The van der Waals surface area contributed by atoms with Gasteiger partial charge in [-0.3, -0.25) is 4.79 Å². The van der Waals surface area contributed by atoms with Crippen LogP contribution in [0.1, 0.15) is 19.8 Å². The van der Waals surface area contributed by atoms with Crippen LogP contribution in [-0.4, -0.2) is 52.5 Å². The molecule has 1 atom stereocenters. The summed E-state index contributed by atoms with van der Waals surface area (Å²) in [6.07, 6.45) is 1.43. The fraction of sp³-hybridized carbons (Fsp3) is 0.611. The Bertz CT molecular complexity index is 513. The van der Waals surface area contributed by atoms with Crippen LogP contribution in [0.3, 0.4) is 0 Å². The molecular formula is C18H29ClN2O4. The van der Waals surface area contributed by atoms with Gasteiger partial charge in [-0.1, -0.05) is 0 Å². The third-order valence-corrected chi connectivity index (χ3v) is 4.49. The molecule has 0 aliphatic carbocycles. The van der Waals surface area contributed by atoms with Crippen LogP contribution in [0.25, 0.3) is 0 Å². The highest BCUT2D eigenvalue weighted by atomic mass is 35.5. The lowest BCUT2D eigenvalue weighted by Gasteiger charge is -2.37. The SMILES string of the molecule is COCC1(CNC(=O)C(C)Oc2ccc(OC)cc2)CCNCC1.Cl. The monoisotopic (exact) mass is 372 g/mol. The van der Waals surface area contributed by atoms with Gasteiger partial charge >= 0.3 is 0 Å². The molecular weight excluding hydrogens is 344 g/mol. The molecule has 1 heterocycles. The smallest absolute Gasteiger partial charge is 0.260 e. The number of hydrogen-bond acceptors (Lipinski definition) is 5. The van der Waals surface area contributed by atoms with Crippen LogP contribution in [0.4, 0.5) is 0 Å². The number of halogens is 1. The Morgan fingerprint density at radius 3 is 2.36 bits per heavy atom. The molecule has 0 saturated carbocycles. The molecule has 1 aliphatic rings. The third-order valence-electron chi connectivity index (χ3n) is 4.49. The highest BCUT2D eigenvalue weighted by Gasteiger charge is 2.33. The van der Waals surface area contributed by atoms with E-state index in [0.29, 0.717) is 18.9 Å². The molecule has 142 valence electrons. The summed E-state index contributed by atoms with van der Waals surface area (Å²) in [5, 5.41) is 6.37. The number of hydrogen-bond donors (Lipinski definition) is 2. The maximum Gasteiger partial charge on any atom is 0.260 e. The fourth-order valence-electron chi connectivity index (χ4n) is 2.97. The maximum absolute atomic E-state index is 12.3. The highest BCUT2D eigenvalue weighted by Crippen LogP contribution is 2.28. The minimum absolute atomic E-state index is 0. The van der Waals surface area contributed by atoms with Gasteiger partial charge in [0.25, 0.3) is 5.91 Å². The van der Waals surface area contributed by atoms with E-state index >= 15 is 0 Å². The van der Waals surface area contributed by atoms with Gasteiger partial charge in [-0.25, -0.2) is 0 Å². The Morgan fingerprint density at radius 2 is 1.80 bits per heavy atom. The molecule has 0 radical (unpaired) electrons. The van der Waals surface area contributed by atoms with Crippen molar-refractivity contribution in [1.29, 1.82) is 0 Å². The highest BCUT2D eigenvalue weighted by molar-refractivity contribution is 5.85. The summed E-state index contributed by atoms with van der Waals surface area (Å²) >= 11 is 0. The number of piperidine rings is 1. The van der Waals surface area contributed by atoms with Crippen LogP contribution in [0.2, 0.25) is 0 Å². The summed E-state index contributed by atoms with van der Waals surface area (Å²) in [6.45, 7) is 4.93. The molecule has 1 fully saturated rings. The molecule has 1 saturated heterocycles. The van der Waals surface area contributed by atoms with Gasteiger partial charge in [0.2, 0.25) is 0 Å². The number of carbonyl (C=O) groups is 1. The molecule has 2 rings (SSSR count). The molecule has 1 amide bonds. The topological polar surface area (TPSA) is 68.8 Å². The summed E-state index contributed by atoms with van der Waals surface area (Å²) in [5.41, 5.74) is 0.00942. The van der Waals surface area contributed by atoms with Gasteiger partial charge in [0, 0.05) is 19.1 Å². The van der Waals surface area contributed by atoms with Crippen LogP contribution in [0.15, 0.2) is 24.3 Å². The number of carbonyl (C=O) groups excluding carboxylic acids is 1. The zero-order valence-corrected chi connectivity index (χ0v) is 16.0. The first-order valence-electron chi connectivity index (χ1n) is 8.37. The Hall–Kier alpha value is -1.50. The minimum Gasteiger partial charge on any atom is -0.497 e. The average Bonchev–Trinajstić information content (AvgIpc) is 2.61. The molecule has 0 spiro atoms. The van der Waals surface area contributed by atoms with Crippen molar-refractivity contribution in [2.24, 2.45) is 5.41 Å². The first kappa shape index (κ1) is 21.5. The van der Waals surface area contributed by atoms with Gasteiger partial charge in [0.05, 0.1) is 13.7 Å². The van der Waals surface area contributed by atoms with Crippen molar-refractivity contribution in [3.8, 4) is 11.5 Å². The number of amides is 1. The van der Waals surface area contributed by atoms with E-state index in [1.165, 1.54) is 0 Å². The lowest BCUT2D eigenvalue weighted by atomic mass is 9.79. The van der Waals surface area contributed by atoms with Crippen molar-refractivity contribution in [1.82, 2.24) is 10.6 Å². The normalized spacial score (nSPS) is 17.1. The van der Waals surface area contributed by atoms with E-state index in [2.05, 4.69) is 10.6 Å². The summed E-state index contributed by atoms with van der Waals surface area (Å²) < 4.78 is 16.2. The number of ether oxygens (including phenoxy) is 3. The standard InChI is InChI=1S/C18H28N2O4.ClH/c1-14(24-16-6-4-15(23-3)5-7-16)17(21)20-12-18(13-22-2)8-10-19-11-9-18;/h4-7,14,19H,8-13H2,1-3H3,(H,20,21);1H. The van der Waals surface area contributed by atoms with Crippen molar-refractivity contribution in [2.75, 3.05) is 40.5 Å². The Balaban J connectivity index is 0.00000312. The van der Waals surface area contributed by atoms with Gasteiger partial charge in [-0.05, 0) is 57.1 Å². The van der Waals surface area contributed by atoms with Crippen LogP contribution < -0.4 is 20.1 Å². The number of methoxy groups -OCH3 is 2.